The van der Waals surface area contributed by atoms with E-state index in [-0.39, 0.29) is 43.5 Å². The Kier molecular flexibility index (Phi) is 7.76. The van der Waals surface area contributed by atoms with Crippen molar-refractivity contribution in [1.82, 2.24) is 13.7 Å². The van der Waals surface area contributed by atoms with Crippen molar-refractivity contribution in [2.75, 3.05) is 56.2 Å². The highest BCUT2D eigenvalue weighted by Crippen LogP contribution is 2.27. The van der Waals surface area contributed by atoms with Crippen LogP contribution in [0.25, 0.3) is 0 Å². The van der Waals surface area contributed by atoms with Crippen LogP contribution in [0, 0.1) is 16.9 Å². The average molecular weight is 492 g/mol. The minimum Gasteiger partial charge on any atom is -0.756 e. The van der Waals surface area contributed by atoms with E-state index >= 15 is 0 Å². The molecule has 13 heteroatoms. The van der Waals surface area contributed by atoms with Crippen LogP contribution in [-0.4, -0.2) is 94.2 Å². The third kappa shape index (κ3) is 5.95. The van der Waals surface area contributed by atoms with E-state index in [1.165, 1.54) is 20.7 Å². The molecule has 0 radical (unpaired) electrons. The van der Waals surface area contributed by atoms with Gasteiger partial charge in [-0.2, -0.15) is 4.31 Å². The Bertz CT molecular complexity index is 989. The van der Waals surface area contributed by atoms with E-state index in [2.05, 4.69) is 0 Å². The number of carbonyl (C=O) groups excluding carboxylic acids is 1. The molecule has 1 aromatic carbocycles. The third-order valence-corrected chi connectivity index (χ3v) is 9.37. The summed E-state index contributed by atoms with van der Waals surface area (Å²) in [5.74, 6) is -1.26. The van der Waals surface area contributed by atoms with Crippen molar-refractivity contribution in [3.8, 4) is 0 Å². The van der Waals surface area contributed by atoms with Gasteiger partial charge < -0.3 is 15.2 Å². The van der Waals surface area contributed by atoms with Gasteiger partial charge in [-0.15, -0.1) is 0 Å². The fourth-order valence-electron chi connectivity index (χ4n) is 4.29. The molecule has 0 saturated carbocycles. The molecule has 2 fully saturated rings. The van der Waals surface area contributed by atoms with Crippen LogP contribution in [0.15, 0.2) is 24.3 Å². The van der Waals surface area contributed by atoms with Gasteiger partial charge in [0.15, 0.2) is 6.41 Å². The Hall–Kier alpha value is -1.80. The number of hydrogen-bond donors (Lipinski definition) is 0. The molecule has 0 aliphatic carbocycles. The number of rotatable bonds is 8. The molecule has 10 nitrogen and oxygen atoms in total. The standard InChI is InChI=1S/C19H28FN4O6S2/c1-31(27,28)22-8-6-16(7-9-22)19(24(26)15-25)14-32(29,30)23-12-10-21(11-13-23)18-4-2-17(20)3-5-18/h2-5,15-16,19H,6-14H2,1H3/q-1. The van der Waals surface area contributed by atoms with Gasteiger partial charge in [-0.25, -0.2) is 25.5 Å². The monoisotopic (exact) mass is 491 g/mol. The Morgan fingerprint density at radius 1 is 1.03 bits per heavy atom. The number of amides is 1. The van der Waals surface area contributed by atoms with Gasteiger partial charge in [0.2, 0.25) is 20.0 Å². The zero-order valence-corrected chi connectivity index (χ0v) is 19.5. The molecule has 2 saturated heterocycles. The topological polar surface area (TPSA) is 121 Å². The number of piperazine rings is 1. The normalized spacial score (nSPS) is 20.8. The van der Waals surface area contributed by atoms with Gasteiger partial charge in [0.05, 0.1) is 12.0 Å². The smallest absolute Gasteiger partial charge is 0.216 e. The number of halogens is 1. The van der Waals surface area contributed by atoms with Crippen LogP contribution in [0.1, 0.15) is 12.8 Å². The molecule has 2 aliphatic rings. The van der Waals surface area contributed by atoms with E-state index in [4.69, 9.17) is 0 Å². The van der Waals surface area contributed by atoms with Gasteiger partial charge in [-0.3, -0.25) is 4.79 Å². The van der Waals surface area contributed by atoms with E-state index in [1.54, 1.807) is 12.1 Å². The molecule has 3 rings (SSSR count). The van der Waals surface area contributed by atoms with Crippen LogP contribution in [0.2, 0.25) is 0 Å². The van der Waals surface area contributed by atoms with Gasteiger partial charge in [-0.1, -0.05) is 0 Å². The maximum atomic E-state index is 13.1. The van der Waals surface area contributed by atoms with Crippen molar-refractivity contribution >= 4 is 32.1 Å². The number of carbonyl (C=O) groups is 1. The number of hydrogen-bond acceptors (Lipinski definition) is 7. The number of nitrogens with zero attached hydrogens (tertiary/aromatic N) is 4. The predicted octanol–water partition coefficient (Wildman–Crippen LogP) is 0.274. The Labute approximate surface area is 188 Å². The van der Waals surface area contributed by atoms with Crippen LogP contribution in [0.3, 0.4) is 0 Å². The summed E-state index contributed by atoms with van der Waals surface area (Å²) in [6.07, 6.45) is 1.79. The minimum atomic E-state index is -3.83. The second kappa shape index (κ2) is 10.00. The van der Waals surface area contributed by atoms with Crippen LogP contribution >= 0.6 is 0 Å². The zero-order valence-electron chi connectivity index (χ0n) is 17.8. The average Bonchev–Trinajstić information content (AvgIpc) is 2.77. The fourth-order valence-corrected chi connectivity index (χ4v) is 6.94. The first kappa shape index (κ1) is 24.8. The van der Waals surface area contributed by atoms with E-state index in [1.807, 2.05) is 4.90 Å². The lowest BCUT2D eigenvalue weighted by Crippen LogP contribution is -2.53. The van der Waals surface area contributed by atoms with Gasteiger partial charge in [0.25, 0.3) is 0 Å². The summed E-state index contributed by atoms with van der Waals surface area (Å²) < 4.78 is 65.2. The van der Waals surface area contributed by atoms with Gasteiger partial charge in [-0.05, 0) is 43.0 Å². The van der Waals surface area contributed by atoms with Crippen molar-refractivity contribution in [2.45, 2.75) is 18.9 Å². The SMILES string of the molecule is CS(=O)(=O)N1CCC(C(CS(=O)(=O)N2CCN(c3ccc(F)cc3)CC2)N([O-])C=O)CC1. The van der Waals surface area contributed by atoms with Gasteiger partial charge in [0.1, 0.15) is 5.82 Å². The molecule has 2 aliphatic heterocycles. The molecule has 0 bridgehead atoms. The van der Waals surface area contributed by atoms with Crippen molar-refractivity contribution in [3.05, 3.63) is 35.3 Å². The molecule has 0 aromatic heterocycles. The van der Waals surface area contributed by atoms with Crippen LogP contribution < -0.4 is 4.90 Å². The fraction of sp³-hybridized carbons (Fsp3) is 0.632. The molecule has 1 unspecified atom stereocenters. The maximum absolute atomic E-state index is 13.1. The number of anilines is 1. The molecule has 1 atom stereocenters. The molecule has 1 aromatic rings. The molecule has 2 heterocycles. The first-order chi connectivity index (χ1) is 15.0. The highest BCUT2D eigenvalue weighted by atomic mass is 32.2. The number of piperidine rings is 1. The lowest BCUT2D eigenvalue weighted by molar-refractivity contribution is -0.118. The summed E-state index contributed by atoms with van der Waals surface area (Å²) in [6, 6.07) is 4.89. The lowest BCUT2D eigenvalue weighted by Gasteiger charge is -2.43. The maximum Gasteiger partial charge on any atom is 0.216 e. The highest BCUT2D eigenvalue weighted by Gasteiger charge is 2.36. The quantitative estimate of drug-likeness (QED) is 0.378. The second-order valence-corrected chi connectivity index (χ2v) is 12.2. The Morgan fingerprint density at radius 3 is 2.09 bits per heavy atom. The highest BCUT2D eigenvalue weighted by molar-refractivity contribution is 7.89. The van der Waals surface area contributed by atoms with E-state index in [9.17, 15) is 31.2 Å². The lowest BCUT2D eigenvalue weighted by atomic mass is 9.91. The van der Waals surface area contributed by atoms with Crippen molar-refractivity contribution in [1.29, 1.82) is 0 Å². The van der Waals surface area contributed by atoms with Crippen LogP contribution in [0.5, 0.6) is 0 Å². The second-order valence-electron chi connectivity index (χ2n) is 8.17. The number of hydroxylamine groups is 2. The van der Waals surface area contributed by atoms with Crippen molar-refractivity contribution in [3.63, 3.8) is 0 Å². The Morgan fingerprint density at radius 2 is 1.59 bits per heavy atom. The van der Waals surface area contributed by atoms with Gasteiger partial charge in [0, 0.05) is 51.0 Å². The molecular weight excluding hydrogens is 463 g/mol. The molecule has 0 N–H and O–H groups in total. The largest absolute Gasteiger partial charge is 0.756 e. The van der Waals surface area contributed by atoms with E-state index in [0.29, 0.717) is 25.9 Å². The minimum absolute atomic E-state index is 0.0790. The van der Waals surface area contributed by atoms with E-state index in [0.717, 1.165) is 11.9 Å². The molecule has 180 valence electrons. The van der Waals surface area contributed by atoms with Crippen molar-refractivity contribution in [2.24, 2.45) is 5.92 Å². The summed E-state index contributed by atoms with van der Waals surface area (Å²) in [6.45, 7) is 1.61. The summed E-state index contributed by atoms with van der Waals surface area (Å²) in [5.41, 5.74) is 0.797. The summed E-state index contributed by atoms with van der Waals surface area (Å²) in [7, 11) is -7.19. The molecule has 0 spiro atoms. The zero-order chi connectivity index (χ0) is 23.5. The summed E-state index contributed by atoms with van der Waals surface area (Å²) in [5, 5.41) is 12.4. The number of sulfonamides is 2. The molecule has 1 amide bonds. The Balaban J connectivity index is 1.63. The van der Waals surface area contributed by atoms with Crippen LogP contribution in [0.4, 0.5) is 10.1 Å². The van der Waals surface area contributed by atoms with E-state index < -0.39 is 37.8 Å². The molecular formula is C19H28FN4O6S2-. The molecule has 32 heavy (non-hydrogen) atoms. The van der Waals surface area contributed by atoms with Crippen LogP contribution in [-0.2, 0) is 24.8 Å². The van der Waals surface area contributed by atoms with Crippen molar-refractivity contribution < 1.29 is 26.0 Å². The number of benzene rings is 1. The van der Waals surface area contributed by atoms with Gasteiger partial charge >= 0.3 is 0 Å². The predicted molar refractivity (Wildman–Crippen MR) is 118 cm³/mol. The summed E-state index contributed by atoms with van der Waals surface area (Å²) in [4.78, 5) is 13.1. The first-order valence-electron chi connectivity index (χ1n) is 10.4. The first-order valence-corrected chi connectivity index (χ1v) is 13.8. The third-order valence-electron chi connectivity index (χ3n) is 6.15. The summed E-state index contributed by atoms with van der Waals surface area (Å²) >= 11 is 0.